The summed E-state index contributed by atoms with van der Waals surface area (Å²) in [5, 5.41) is 12.3. The van der Waals surface area contributed by atoms with Crippen LogP contribution >= 0.6 is 11.8 Å². The van der Waals surface area contributed by atoms with Gasteiger partial charge in [0.1, 0.15) is 18.1 Å². The summed E-state index contributed by atoms with van der Waals surface area (Å²) in [7, 11) is 1.30. The van der Waals surface area contributed by atoms with E-state index in [9.17, 15) is 19.5 Å². The van der Waals surface area contributed by atoms with E-state index < -0.39 is 18.0 Å². The number of imidazole rings is 1. The van der Waals surface area contributed by atoms with Crippen molar-refractivity contribution in [2.75, 3.05) is 12.4 Å². The quantitative estimate of drug-likeness (QED) is 0.329. The molecule has 2 N–H and O–H groups in total. The Labute approximate surface area is 212 Å². The van der Waals surface area contributed by atoms with Crippen molar-refractivity contribution in [3.8, 4) is 0 Å². The maximum Gasteiger partial charge on any atom is 0.355 e. The Balaban J connectivity index is 1.54. The molecular formula is C26H23ClN4O5. The van der Waals surface area contributed by atoms with E-state index in [-0.39, 0.29) is 23.7 Å². The summed E-state index contributed by atoms with van der Waals surface area (Å²) in [6.07, 6.45) is 3.55. The molecule has 0 aliphatic heterocycles. The minimum absolute atomic E-state index is 0.0917. The number of methoxy groups -OCH3 is 1. The molecule has 0 radical (unpaired) electrons. The molecule has 4 aromatic rings. The van der Waals surface area contributed by atoms with Crippen LogP contribution < -0.4 is 5.32 Å². The number of carboxylic acids is 1. The Morgan fingerprint density at radius 1 is 1.03 bits per heavy atom. The van der Waals surface area contributed by atoms with Crippen LogP contribution in [0.3, 0.4) is 0 Å². The van der Waals surface area contributed by atoms with Crippen LogP contribution in [-0.2, 0) is 22.4 Å². The number of anilines is 1. The highest BCUT2D eigenvalue weighted by Crippen LogP contribution is 2.22. The number of aromatic nitrogens is 3. The molecule has 0 saturated heterocycles. The van der Waals surface area contributed by atoms with E-state index >= 15 is 0 Å². The van der Waals surface area contributed by atoms with Crippen LogP contribution in [0, 0.1) is 0 Å². The second-order valence-electron chi connectivity index (χ2n) is 8.02. The normalized spacial score (nSPS) is 11.6. The number of ether oxygens (including phenoxy) is 1. The second kappa shape index (κ2) is 10.9. The Morgan fingerprint density at radius 3 is 2.42 bits per heavy atom. The fourth-order valence-corrected chi connectivity index (χ4v) is 4.14. The maximum atomic E-state index is 13.4. The predicted molar refractivity (Wildman–Crippen MR) is 133 cm³/mol. The van der Waals surface area contributed by atoms with Crippen molar-refractivity contribution >= 4 is 35.3 Å². The molecule has 36 heavy (non-hydrogen) atoms. The summed E-state index contributed by atoms with van der Waals surface area (Å²) >= 11 is 5.85. The molecule has 4 rings (SSSR count). The topological polar surface area (TPSA) is 115 Å². The number of esters is 1. The van der Waals surface area contributed by atoms with Gasteiger partial charge in [0.15, 0.2) is 5.69 Å². The van der Waals surface area contributed by atoms with Crippen LogP contribution in [0.1, 0.15) is 43.8 Å². The summed E-state index contributed by atoms with van der Waals surface area (Å²) in [6, 6.07) is 19.1. The third-order valence-corrected chi connectivity index (χ3v) is 5.94. The lowest BCUT2D eigenvalue weighted by molar-refractivity contribution is -0.119. The predicted octanol–water partition coefficient (Wildman–Crippen LogP) is 4.18. The van der Waals surface area contributed by atoms with Gasteiger partial charge in [0.05, 0.1) is 12.8 Å². The van der Waals surface area contributed by atoms with Crippen molar-refractivity contribution in [1.82, 2.24) is 13.6 Å². The number of nitrogens with one attached hydrogen (secondary N) is 1. The molecule has 0 fully saturated rings. The third kappa shape index (κ3) is 5.47. The van der Waals surface area contributed by atoms with Gasteiger partial charge in [-0.3, -0.25) is 4.79 Å². The van der Waals surface area contributed by atoms with Crippen LogP contribution in [0.2, 0.25) is 0 Å². The number of halogens is 1. The molecular weight excluding hydrogens is 484 g/mol. The van der Waals surface area contributed by atoms with Gasteiger partial charge in [-0.25, -0.2) is 18.7 Å². The summed E-state index contributed by atoms with van der Waals surface area (Å²) < 4.78 is 7.43. The highest BCUT2D eigenvalue weighted by molar-refractivity contribution is 6.17. The Bertz CT molecular complexity index is 1380. The van der Waals surface area contributed by atoms with Crippen molar-refractivity contribution < 1.29 is 24.2 Å². The zero-order chi connectivity index (χ0) is 25.7. The van der Waals surface area contributed by atoms with Gasteiger partial charge in [0.25, 0.3) is 0 Å². The van der Waals surface area contributed by atoms with E-state index in [2.05, 4.69) is 10.3 Å². The van der Waals surface area contributed by atoms with Gasteiger partial charge >= 0.3 is 11.9 Å². The molecule has 0 aliphatic rings. The zero-order valence-corrected chi connectivity index (χ0v) is 20.1. The van der Waals surface area contributed by atoms with Crippen LogP contribution in [-0.4, -0.2) is 43.7 Å². The van der Waals surface area contributed by atoms with Gasteiger partial charge in [-0.1, -0.05) is 42.5 Å². The fraction of sp³-hybridized carbons (Fsp3) is 0.154. The number of benzene rings is 2. The van der Waals surface area contributed by atoms with E-state index in [4.69, 9.17) is 16.5 Å². The second-order valence-corrected chi connectivity index (χ2v) is 8.38. The summed E-state index contributed by atoms with van der Waals surface area (Å²) in [4.78, 5) is 41.1. The Hall–Kier alpha value is -4.37. The average molecular weight is 507 g/mol. The smallest absolute Gasteiger partial charge is 0.355 e. The number of carbonyl (C=O) groups is 3. The highest BCUT2D eigenvalue weighted by Gasteiger charge is 2.25. The van der Waals surface area contributed by atoms with Gasteiger partial charge < -0.3 is 19.7 Å². The minimum atomic E-state index is -1.16. The van der Waals surface area contributed by atoms with E-state index in [1.807, 2.05) is 30.3 Å². The summed E-state index contributed by atoms with van der Waals surface area (Å²) in [5.74, 6) is -2.00. The molecule has 2 aromatic heterocycles. The molecule has 0 aliphatic carbocycles. The lowest BCUT2D eigenvalue weighted by atomic mass is 10.0. The molecule has 0 spiro atoms. The number of rotatable bonds is 9. The van der Waals surface area contributed by atoms with Gasteiger partial charge in [0, 0.05) is 36.5 Å². The summed E-state index contributed by atoms with van der Waals surface area (Å²) in [5.41, 5.74) is 2.80. The minimum Gasteiger partial charge on any atom is -0.476 e. The SMILES string of the molecule is COC(=O)c1cccn1C(Cc1ccccc1)C(=O)Nc1ccc(Cc2ncn(Cl)c2C(=O)O)cc1. The van der Waals surface area contributed by atoms with Crippen molar-refractivity contribution in [1.29, 1.82) is 0 Å². The molecule has 2 aromatic carbocycles. The number of hydrogen-bond acceptors (Lipinski definition) is 5. The number of nitrogens with zero attached hydrogens (tertiary/aromatic N) is 3. The maximum absolute atomic E-state index is 13.4. The lowest BCUT2D eigenvalue weighted by Gasteiger charge is -2.21. The first-order valence-electron chi connectivity index (χ1n) is 11.0. The van der Waals surface area contributed by atoms with Gasteiger partial charge in [-0.2, -0.15) is 0 Å². The van der Waals surface area contributed by atoms with E-state index in [0.29, 0.717) is 17.8 Å². The van der Waals surface area contributed by atoms with Crippen molar-refractivity contribution in [2.45, 2.75) is 18.9 Å². The molecule has 1 unspecified atom stereocenters. The Kier molecular flexibility index (Phi) is 7.50. The van der Waals surface area contributed by atoms with Crippen molar-refractivity contribution in [3.05, 3.63) is 107 Å². The van der Waals surface area contributed by atoms with Crippen molar-refractivity contribution in [2.24, 2.45) is 0 Å². The molecule has 184 valence electrons. The van der Waals surface area contributed by atoms with Gasteiger partial charge in [-0.15, -0.1) is 0 Å². The highest BCUT2D eigenvalue weighted by atomic mass is 35.5. The standard InChI is InChI=1S/C26H23ClN4O5/c1-36-26(35)21-8-5-13-30(21)22(15-17-6-3-2-4-7-17)24(32)29-19-11-9-18(10-12-19)14-20-23(25(33)34)31(27)16-28-20/h2-13,16,22H,14-15H2,1H3,(H,29,32)(H,33,34). The first-order valence-corrected chi connectivity index (χ1v) is 11.4. The van der Waals surface area contributed by atoms with Crippen LogP contribution in [0.4, 0.5) is 5.69 Å². The molecule has 9 nitrogen and oxygen atoms in total. The fourth-order valence-electron chi connectivity index (χ4n) is 3.93. The number of carboxylic acid groups (broad SMARTS) is 1. The molecule has 2 heterocycles. The number of hydrogen-bond donors (Lipinski definition) is 2. The van der Waals surface area contributed by atoms with Gasteiger partial charge in [-0.05, 0) is 35.4 Å². The first-order chi connectivity index (χ1) is 17.4. The molecule has 0 bridgehead atoms. The first kappa shape index (κ1) is 24.7. The van der Waals surface area contributed by atoms with Crippen LogP contribution in [0.5, 0.6) is 0 Å². The third-order valence-electron chi connectivity index (χ3n) is 5.68. The molecule has 1 atom stereocenters. The zero-order valence-electron chi connectivity index (χ0n) is 19.3. The average Bonchev–Trinajstić information content (AvgIpc) is 3.50. The van der Waals surface area contributed by atoms with Crippen molar-refractivity contribution in [3.63, 3.8) is 0 Å². The van der Waals surface area contributed by atoms with Gasteiger partial charge in [0.2, 0.25) is 5.91 Å². The van der Waals surface area contributed by atoms with Crippen LogP contribution in [0.25, 0.3) is 0 Å². The van der Waals surface area contributed by atoms with E-state index in [0.717, 1.165) is 15.2 Å². The monoisotopic (exact) mass is 506 g/mol. The summed E-state index contributed by atoms with van der Waals surface area (Å²) in [6.45, 7) is 0. The van der Waals surface area contributed by atoms with E-state index in [1.165, 1.54) is 13.4 Å². The number of aromatic carboxylic acids is 1. The molecule has 0 saturated carbocycles. The van der Waals surface area contributed by atoms with Crippen LogP contribution in [0.15, 0.2) is 79.3 Å². The Morgan fingerprint density at radius 2 is 1.75 bits per heavy atom. The lowest BCUT2D eigenvalue weighted by Crippen LogP contribution is -2.29. The largest absolute Gasteiger partial charge is 0.476 e. The molecule has 1 amide bonds. The number of carbonyl (C=O) groups excluding carboxylic acids is 2. The number of amides is 1. The molecule has 10 heteroatoms. The van der Waals surface area contributed by atoms with E-state index in [1.54, 1.807) is 47.2 Å².